The molecule has 0 radical (unpaired) electrons. The van der Waals surface area contributed by atoms with Gasteiger partial charge in [-0.15, -0.1) is 0 Å². The van der Waals surface area contributed by atoms with Crippen LogP contribution in [0.4, 0.5) is 13.2 Å². The van der Waals surface area contributed by atoms with Crippen molar-refractivity contribution in [1.82, 2.24) is 14.5 Å². The topological polar surface area (TPSA) is 64.4 Å². The van der Waals surface area contributed by atoms with Crippen LogP contribution in [0.1, 0.15) is 66.5 Å². The molecular formula is C26H34F3N3O3S. The number of pyridine rings is 1. The molecule has 36 heavy (non-hydrogen) atoms. The van der Waals surface area contributed by atoms with Crippen LogP contribution in [0.2, 0.25) is 0 Å². The third kappa shape index (κ3) is 7.18. The predicted octanol–water partition coefficient (Wildman–Crippen LogP) is 5.14. The molecule has 198 valence electrons. The van der Waals surface area contributed by atoms with Crippen molar-refractivity contribution in [2.45, 2.75) is 71.0 Å². The summed E-state index contributed by atoms with van der Waals surface area (Å²) in [4.78, 5) is 32.6. The van der Waals surface area contributed by atoms with E-state index in [4.69, 9.17) is 4.74 Å². The van der Waals surface area contributed by atoms with Gasteiger partial charge in [-0.3, -0.25) is 9.59 Å². The molecule has 2 aromatic rings. The van der Waals surface area contributed by atoms with Crippen LogP contribution < -0.4 is 10.3 Å². The van der Waals surface area contributed by atoms with Gasteiger partial charge in [-0.05, 0) is 57.1 Å². The van der Waals surface area contributed by atoms with Crippen LogP contribution in [-0.4, -0.2) is 52.7 Å². The maximum absolute atomic E-state index is 12.8. The summed E-state index contributed by atoms with van der Waals surface area (Å²) in [5, 5.41) is 0.117. The Hall–Kier alpha value is -2.20. The van der Waals surface area contributed by atoms with Crippen molar-refractivity contribution in [1.29, 1.82) is 0 Å². The van der Waals surface area contributed by atoms with Crippen LogP contribution >= 0.6 is 11.3 Å². The smallest absolute Gasteiger partial charge is 0.422 e. The molecule has 0 aromatic carbocycles. The molecule has 1 fully saturated rings. The fourth-order valence-electron chi connectivity index (χ4n) is 5.36. The van der Waals surface area contributed by atoms with Gasteiger partial charge in [0.1, 0.15) is 0 Å². The Balaban J connectivity index is 1.18. The highest BCUT2D eigenvalue weighted by Gasteiger charge is 2.30. The standard InChI is InChI=1S/C26H34F3N3O3S/c1-2-32-21(4-3-5-24(32)34)22(33)16-19-8-6-18(7-9-19)10-13-31-14-11-20-23(12-15-31)36-25(30-20)35-17-26(27,28)29/h3-5,18-19H,2,6-17H2,1H3. The Labute approximate surface area is 213 Å². The maximum atomic E-state index is 12.8. The second-order valence-corrected chi connectivity index (χ2v) is 10.9. The van der Waals surface area contributed by atoms with Gasteiger partial charge in [0, 0.05) is 43.4 Å². The van der Waals surface area contributed by atoms with E-state index in [1.165, 1.54) is 17.4 Å². The van der Waals surface area contributed by atoms with Crippen molar-refractivity contribution in [2.75, 3.05) is 26.2 Å². The van der Waals surface area contributed by atoms with Crippen molar-refractivity contribution < 1.29 is 22.7 Å². The number of thiazole rings is 1. The summed E-state index contributed by atoms with van der Waals surface area (Å²) in [5.41, 5.74) is 1.27. The number of ether oxygens (including phenoxy) is 1. The van der Waals surface area contributed by atoms with E-state index in [1.807, 2.05) is 6.92 Å². The third-order valence-corrected chi connectivity index (χ3v) is 8.45. The average Bonchev–Trinajstić information content (AvgIpc) is 3.15. The Morgan fingerprint density at radius 3 is 2.58 bits per heavy atom. The second kappa shape index (κ2) is 11.9. The summed E-state index contributed by atoms with van der Waals surface area (Å²) in [5.74, 6) is 1.10. The summed E-state index contributed by atoms with van der Waals surface area (Å²) in [7, 11) is 0. The van der Waals surface area contributed by atoms with Crippen LogP contribution in [0.3, 0.4) is 0 Å². The van der Waals surface area contributed by atoms with E-state index >= 15 is 0 Å². The van der Waals surface area contributed by atoms with E-state index in [1.54, 1.807) is 16.7 Å². The summed E-state index contributed by atoms with van der Waals surface area (Å²) < 4.78 is 43.5. The molecule has 0 bridgehead atoms. The molecule has 0 unspecified atom stereocenters. The van der Waals surface area contributed by atoms with Gasteiger partial charge in [0.25, 0.3) is 10.8 Å². The lowest BCUT2D eigenvalue weighted by molar-refractivity contribution is -0.153. The van der Waals surface area contributed by atoms with Crippen LogP contribution in [0.25, 0.3) is 0 Å². The second-order valence-electron chi connectivity index (χ2n) is 9.89. The van der Waals surface area contributed by atoms with Crippen molar-refractivity contribution in [3.8, 4) is 5.19 Å². The number of fused-ring (bicyclic) bond motifs is 1. The van der Waals surface area contributed by atoms with E-state index in [9.17, 15) is 22.8 Å². The summed E-state index contributed by atoms with van der Waals surface area (Å²) in [6, 6.07) is 4.91. The molecule has 1 aliphatic heterocycles. The largest absolute Gasteiger partial charge is 0.460 e. The SMILES string of the molecule is CCn1c(C(=O)CC2CCC(CCN3CCc4nc(OCC(F)(F)F)sc4CC3)CC2)cccc1=O. The number of nitrogens with zero attached hydrogens (tertiary/aromatic N) is 3. The normalized spacial score (nSPS) is 21.1. The number of alkyl halides is 3. The summed E-state index contributed by atoms with van der Waals surface area (Å²) in [6.07, 6.45) is 3.13. The number of hydrogen-bond acceptors (Lipinski definition) is 6. The lowest BCUT2D eigenvalue weighted by Gasteiger charge is -2.30. The lowest BCUT2D eigenvalue weighted by Crippen LogP contribution is -2.30. The molecule has 2 aliphatic rings. The van der Waals surface area contributed by atoms with Crippen molar-refractivity contribution >= 4 is 17.1 Å². The molecule has 0 amide bonds. The number of Topliss-reactive ketones (excluding diaryl/α,β-unsaturated/α-hetero) is 1. The molecule has 0 N–H and O–H groups in total. The number of aromatic nitrogens is 2. The van der Waals surface area contributed by atoms with E-state index < -0.39 is 12.8 Å². The number of carbonyl (C=O) groups is 1. The molecular weight excluding hydrogens is 491 g/mol. The van der Waals surface area contributed by atoms with Crippen molar-refractivity contribution in [2.24, 2.45) is 11.8 Å². The van der Waals surface area contributed by atoms with E-state index in [0.29, 0.717) is 30.5 Å². The van der Waals surface area contributed by atoms with Crippen molar-refractivity contribution in [3.05, 3.63) is 44.8 Å². The first-order valence-electron chi connectivity index (χ1n) is 12.9. The number of rotatable bonds is 9. The molecule has 0 spiro atoms. The highest BCUT2D eigenvalue weighted by Crippen LogP contribution is 2.34. The number of carbonyl (C=O) groups excluding carboxylic acids is 1. The van der Waals surface area contributed by atoms with Gasteiger partial charge in [0.15, 0.2) is 12.4 Å². The van der Waals surface area contributed by atoms with Gasteiger partial charge in [-0.1, -0.05) is 30.2 Å². The van der Waals surface area contributed by atoms with Gasteiger partial charge >= 0.3 is 6.18 Å². The quantitative estimate of drug-likeness (QED) is 0.425. The van der Waals surface area contributed by atoms with Gasteiger partial charge in [0.2, 0.25) is 0 Å². The van der Waals surface area contributed by atoms with E-state index in [0.717, 1.165) is 75.2 Å². The zero-order valence-electron chi connectivity index (χ0n) is 20.7. The Morgan fingerprint density at radius 2 is 1.86 bits per heavy atom. The first-order valence-corrected chi connectivity index (χ1v) is 13.7. The van der Waals surface area contributed by atoms with Gasteiger partial charge < -0.3 is 14.2 Å². The minimum Gasteiger partial charge on any atom is -0.460 e. The fraction of sp³-hybridized carbons (Fsp3) is 0.654. The van der Waals surface area contributed by atoms with Crippen LogP contribution in [0.15, 0.2) is 23.0 Å². The Bertz CT molecular complexity index is 1060. The Morgan fingerprint density at radius 1 is 1.14 bits per heavy atom. The minimum absolute atomic E-state index is 0.0654. The summed E-state index contributed by atoms with van der Waals surface area (Å²) in [6.45, 7) is 3.83. The van der Waals surface area contributed by atoms with Crippen molar-refractivity contribution in [3.63, 3.8) is 0 Å². The molecule has 2 aromatic heterocycles. The predicted molar refractivity (Wildman–Crippen MR) is 133 cm³/mol. The fourth-order valence-corrected chi connectivity index (χ4v) is 6.30. The number of ketones is 1. The molecule has 10 heteroatoms. The molecule has 3 heterocycles. The number of hydrogen-bond donors (Lipinski definition) is 0. The average molecular weight is 526 g/mol. The highest BCUT2D eigenvalue weighted by atomic mass is 32.1. The zero-order valence-corrected chi connectivity index (χ0v) is 21.5. The number of halogens is 3. The van der Waals surface area contributed by atoms with Crippen LogP contribution in [0, 0.1) is 11.8 Å². The molecule has 1 saturated carbocycles. The summed E-state index contributed by atoms with van der Waals surface area (Å²) >= 11 is 1.24. The van der Waals surface area contributed by atoms with Crippen LogP contribution in [0.5, 0.6) is 5.19 Å². The van der Waals surface area contributed by atoms with E-state index in [-0.39, 0.29) is 16.5 Å². The Kier molecular flexibility index (Phi) is 8.87. The first kappa shape index (κ1) is 26.9. The maximum Gasteiger partial charge on any atom is 0.422 e. The molecule has 4 rings (SSSR count). The monoisotopic (exact) mass is 525 g/mol. The molecule has 1 aliphatic carbocycles. The highest BCUT2D eigenvalue weighted by molar-refractivity contribution is 7.13. The van der Waals surface area contributed by atoms with Gasteiger partial charge in [-0.25, -0.2) is 4.98 Å². The molecule has 6 nitrogen and oxygen atoms in total. The molecule has 0 atom stereocenters. The third-order valence-electron chi connectivity index (χ3n) is 7.38. The van der Waals surface area contributed by atoms with Crippen LogP contribution in [-0.2, 0) is 19.4 Å². The first-order chi connectivity index (χ1) is 17.2. The lowest BCUT2D eigenvalue weighted by atomic mass is 9.78. The van der Waals surface area contributed by atoms with Gasteiger partial charge in [-0.2, -0.15) is 13.2 Å². The minimum atomic E-state index is -4.35. The van der Waals surface area contributed by atoms with E-state index in [2.05, 4.69) is 9.88 Å². The molecule has 0 saturated heterocycles. The van der Waals surface area contributed by atoms with Gasteiger partial charge in [0.05, 0.1) is 11.4 Å². The zero-order chi connectivity index (χ0) is 25.7.